The summed E-state index contributed by atoms with van der Waals surface area (Å²) in [6, 6.07) is 15.6. The molecule has 0 radical (unpaired) electrons. The summed E-state index contributed by atoms with van der Waals surface area (Å²) in [6.07, 6.45) is 3.45. The van der Waals surface area contributed by atoms with Gasteiger partial charge in [0, 0.05) is 38.3 Å². The molecule has 214 valence electrons. The number of likely N-dealkylation sites (N-methyl/N-ethyl adjacent to an activating group) is 1. The molecular weight excluding hydrogens is 520 g/mol. The van der Waals surface area contributed by atoms with Crippen LogP contribution in [0.1, 0.15) is 35.7 Å². The van der Waals surface area contributed by atoms with Gasteiger partial charge in [-0.1, -0.05) is 30.3 Å². The van der Waals surface area contributed by atoms with Crippen molar-refractivity contribution in [3.05, 3.63) is 66.0 Å². The number of benzene rings is 2. The lowest BCUT2D eigenvalue weighted by molar-refractivity contribution is 0.0601. The van der Waals surface area contributed by atoms with Gasteiger partial charge in [-0.25, -0.2) is 14.8 Å². The normalized spacial score (nSPS) is 17.0. The van der Waals surface area contributed by atoms with E-state index in [1.54, 1.807) is 6.07 Å². The smallest absolute Gasteiger partial charge is 0.338 e. The van der Waals surface area contributed by atoms with Gasteiger partial charge in [0.1, 0.15) is 30.1 Å². The fraction of sp³-hybridized carbons (Fsp3) is 0.419. The summed E-state index contributed by atoms with van der Waals surface area (Å²) in [5, 5.41) is 0. The van der Waals surface area contributed by atoms with Crippen molar-refractivity contribution in [3.8, 4) is 23.0 Å². The van der Waals surface area contributed by atoms with Gasteiger partial charge in [0.25, 0.3) is 0 Å². The van der Waals surface area contributed by atoms with Gasteiger partial charge in [0.15, 0.2) is 11.2 Å². The second-order valence-electron chi connectivity index (χ2n) is 11.1. The maximum absolute atomic E-state index is 13.1. The molecule has 10 nitrogen and oxygen atoms in total. The van der Waals surface area contributed by atoms with Gasteiger partial charge in [0.05, 0.1) is 19.2 Å². The first-order valence-electron chi connectivity index (χ1n) is 14.1. The van der Waals surface area contributed by atoms with Crippen molar-refractivity contribution in [2.75, 3.05) is 53.5 Å². The Labute approximate surface area is 239 Å². The molecule has 41 heavy (non-hydrogen) atoms. The third-order valence-electron chi connectivity index (χ3n) is 7.89. The van der Waals surface area contributed by atoms with Gasteiger partial charge in [-0.05, 0) is 50.6 Å². The van der Waals surface area contributed by atoms with Gasteiger partial charge in [0.2, 0.25) is 5.88 Å². The molecule has 1 saturated heterocycles. The minimum atomic E-state index is -0.462. The van der Waals surface area contributed by atoms with Gasteiger partial charge < -0.3 is 23.7 Å². The maximum atomic E-state index is 13.1. The molecule has 0 spiro atoms. The fourth-order valence-corrected chi connectivity index (χ4v) is 5.07. The van der Waals surface area contributed by atoms with Crippen LogP contribution in [0.25, 0.3) is 22.6 Å². The molecular formula is C31H36N6O4. The highest BCUT2D eigenvalue weighted by Gasteiger charge is 2.41. The highest BCUT2D eigenvalue weighted by atomic mass is 16.5. The third-order valence-corrected chi connectivity index (χ3v) is 7.89. The lowest BCUT2D eigenvalue weighted by atomic mass is 10.1. The van der Waals surface area contributed by atoms with Crippen LogP contribution in [-0.4, -0.2) is 94.4 Å². The molecule has 2 aromatic heterocycles. The molecule has 4 aromatic rings. The van der Waals surface area contributed by atoms with Crippen LogP contribution in [0, 0.1) is 0 Å². The Morgan fingerprint density at radius 3 is 2.54 bits per heavy atom. The lowest BCUT2D eigenvalue weighted by Gasteiger charge is -2.32. The Kier molecular flexibility index (Phi) is 7.59. The topological polar surface area (TPSA) is 94.8 Å². The number of esters is 1. The SMILES string of the molecule is COC(=O)c1cc(OCCN2CCN(C)CC2)ccc1-c1nc2c(OC3(C)CC3)ncnc2n1Cc1ccccc1. The number of carbonyl (C=O) groups is 1. The monoisotopic (exact) mass is 556 g/mol. The number of aromatic nitrogens is 4. The van der Waals surface area contributed by atoms with E-state index < -0.39 is 5.97 Å². The molecule has 10 heteroatoms. The Bertz CT molecular complexity index is 1530. The number of nitrogens with zero attached hydrogens (tertiary/aromatic N) is 6. The molecule has 1 saturated carbocycles. The molecule has 2 aliphatic rings. The van der Waals surface area contributed by atoms with Gasteiger partial charge in [-0.3, -0.25) is 4.90 Å². The van der Waals surface area contributed by atoms with Crippen LogP contribution >= 0.6 is 0 Å². The highest BCUT2D eigenvalue weighted by molar-refractivity contribution is 5.98. The molecule has 3 heterocycles. The zero-order valence-electron chi connectivity index (χ0n) is 23.9. The average molecular weight is 557 g/mol. The summed E-state index contributed by atoms with van der Waals surface area (Å²) in [5.41, 5.74) is 3.05. The van der Waals surface area contributed by atoms with Crippen molar-refractivity contribution in [2.45, 2.75) is 31.9 Å². The number of piperazine rings is 1. The third kappa shape index (κ3) is 6.03. The molecule has 2 fully saturated rings. The molecule has 0 N–H and O–H groups in total. The number of methoxy groups -OCH3 is 1. The van der Waals surface area contributed by atoms with E-state index >= 15 is 0 Å². The largest absolute Gasteiger partial charge is 0.492 e. The molecule has 0 atom stereocenters. The number of rotatable bonds is 10. The van der Waals surface area contributed by atoms with E-state index in [9.17, 15) is 4.79 Å². The second-order valence-corrected chi connectivity index (χ2v) is 11.1. The number of fused-ring (bicyclic) bond motifs is 1. The summed E-state index contributed by atoms with van der Waals surface area (Å²) in [4.78, 5) is 31.8. The van der Waals surface area contributed by atoms with Gasteiger partial charge >= 0.3 is 5.97 Å². The Balaban J connectivity index is 1.36. The zero-order chi connectivity index (χ0) is 28.4. The maximum Gasteiger partial charge on any atom is 0.338 e. The average Bonchev–Trinajstić information content (AvgIpc) is 3.61. The molecule has 6 rings (SSSR count). The minimum absolute atomic E-state index is 0.231. The van der Waals surface area contributed by atoms with Crippen LogP contribution < -0.4 is 9.47 Å². The van der Waals surface area contributed by atoms with E-state index in [2.05, 4.69) is 45.9 Å². The van der Waals surface area contributed by atoms with E-state index in [0.29, 0.717) is 52.9 Å². The Morgan fingerprint density at radius 1 is 1.02 bits per heavy atom. The molecule has 2 aromatic carbocycles. The summed E-state index contributed by atoms with van der Waals surface area (Å²) in [7, 11) is 3.53. The van der Waals surface area contributed by atoms with E-state index in [1.165, 1.54) is 13.4 Å². The number of hydrogen-bond donors (Lipinski definition) is 0. The van der Waals surface area contributed by atoms with E-state index in [0.717, 1.165) is 51.1 Å². The van der Waals surface area contributed by atoms with E-state index in [4.69, 9.17) is 19.2 Å². The molecule has 1 aliphatic carbocycles. The van der Waals surface area contributed by atoms with E-state index in [1.807, 2.05) is 34.9 Å². The number of hydrogen-bond acceptors (Lipinski definition) is 9. The van der Waals surface area contributed by atoms with Crippen molar-refractivity contribution in [3.63, 3.8) is 0 Å². The van der Waals surface area contributed by atoms with E-state index in [-0.39, 0.29) is 5.60 Å². The van der Waals surface area contributed by atoms with Crippen LogP contribution in [-0.2, 0) is 11.3 Å². The predicted octanol–water partition coefficient (Wildman–Crippen LogP) is 3.89. The summed E-state index contributed by atoms with van der Waals surface area (Å²) < 4.78 is 19.5. The number of carbonyl (C=O) groups excluding carboxylic acids is 1. The van der Waals surface area contributed by atoms with Crippen molar-refractivity contribution in [2.24, 2.45) is 0 Å². The summed E-state index contributed by atoms with van der Waals surface area (Å²) in [6.45, 7) is 8.10. The number of ether oxygens (including phenoxy) is 3. The Hall–Kier alpha value is -4.02. The predicted molar refractivity (Wildman–Crippen MR) is 155 cm³/mol. The summed E-state index contributed by atoms with van der Waals surface area (Å²) in [5.74, 6) is 1.18. The molecule has 0 unspecified atom stereocenters. The quantitative estimate of drug-likeness (QED) is 0.270. The first-order chi connectivity index (χ1) is 19.9. The minimum Gasteiger partial charge on any atom is -0.492 e. The van der Waals surface area contributed by atoms with Gasteiger partial charge in [-0.2, -0.15) is 4.98 Å². The highest BCUT2D eigenvalue weighted by Crippen LogP contribution is 2.41. The number of imidazole rings is 1. The van der Waals surface area contributed by atoms with Crippen LogP contribution in [0.5, 0.6) is 11.6 Å². The van der Waals surface area contributed by atoms with Crippen molar-refractivity contribution in [1.82, 2.24) is 29.3 Å². The molecule has 0 amide bonds. The first-order valence-corrected chi connectivity index (χ1v) is 14.1. The lowest BCUT2D eigenvalue weighted by Crippen LogP contribution is -2.45. The van der Waals surface area contributed by atoms with Gasteiger partial charge in [-0.15, -0.1) is 0 Å². The fourth-order valence-electron chi connectivity index (χ4n) is 5.07. The van der Waals surface area contributed by atoms with Crippen LogP contribution in [0.3, 0.4) is 0 Å². The van der Waals surface area contributed by atoms with Crippen LogP contribution in [0.4, 0.5) is 0 Å². The molecule has 0 bridgehead atoms. The Morgan fingerprint density at radius 2 is 1.80 bits per heavy atom. The van der Waals surface area contributed by atoms with Crippen LogP contribution in [0.15, 0.2) is 54.9 Å². The standard InChI is InChI=1S/C31H36N6O4/c1-31(11-12-31)41-29-26-28(32-21-33-29)37(20-22-7-5-4-6-8-22)27(34-26)24-10-9-23(19-25(24)30(38)39-3)40-18-17-36-15-13-35(2)14-16-36/h4-10,19,21H,11-18,20H2,1-3H3. The first kappa shape index (κ1) is 27.2. The van der Waals surface area contributed by atoms with Crippen molar-refractivity contribution < 1.29 is 19.0 Å². The zero-order valence-corrected chi connectivity index (χ0v) is 23.9. The second kappa shape index (κ2) is 11.5. The molecule has 1 aliphatic heterocycles. The van der Waals surface area contributed by atoms with Crippen molar-refractivity contribution in [1.29, 1.82) is 0 Å². The summed E-state index contributed by atoms with van der Waals surface area (Å²) >= 11 is 0. The van der Waals surface area contributed by atoms with Crippen molar-refractivity contribution >= 4 is 17.1 Å². The van der Waals surface area contributed by atoms with Crippen LogP contribution in [0.2, 0.25) is 0 Å².